The summed E-state index contributed by atoms with van der Waals surface area (Å²) in [7, 11) is 2.94. The second kappa shape index (κ2) is 2.98. The molecule has 0 aliphatic heterocycles. The topological polar surface area (TPSA) is 23.5 Å². The Kier molecular flexibility index (Phi) is 2.91. The van der Waals surface area contributed by atoms with Gasteiger partial charge in [-0.15, -0.1) is 0 Å². The predicted octanol–water partition coefficient (Wildman–Crippen LogP) is 0.861. The highest BCUT2D eigenvalue weighted by Gasteiger charge is 2.49. The second-order valence-electron chi connectivity index (χ2n) is 3.01. The maximum atomic E-state index is 11.9. The first-order valence-corrected chi connectivity index (χ1v) is 3.10. The van der Waals surface area contributed by atoms with Gasteiger partial charge in [0.1, 0.15) is 0 Å². The van der Waals surface area contributed by atoms with E-state index >= 15 is 0 Å². The molecule has 0 aromatic rings. The van der Waals surface area contributed by atoms with Gasteiger partial charge in [-0.2, -0.15) is 13.2 Å². The van der Waals surface area contributed by atoms with Crippen LogP contribution < -0.4 is 0 Å². The van der Waals surface area contributed by atoms with Crippen molar-refractivity contribution in [3.05, 3.63) is 0 Å². The van der Waals surface area contributed by atoms with Gasteiger partial charge >= 0.3 is 6.18 Å². The molecule has 1 atom stereocenters. The van der Waals surface area contributed by atoms with Crippen LogP contribution in [-0.2, 0) is 0 Å². The Bertz CT molecular complexity index is 130. The Balaban J connectivity index is 4.22. The molecule has 0 aromatic carbocycles. The lowest BCUT2D eigenvalue weighted by atomic mass is 10.1. The van der Waals surface area contributed by atoms with E-state index in [1.807, 2.05) is 0 Å². The molecule has 0 aliphatic rings. The molecule has 0 saturated heterocycles. The van der Waals surface area contributed by atoms with Gasteiger partial charge in [0, 0.05) is 6.54 Å². The summed E-state index contributed by atoms with van der Waals surface area (Å²) < 4.78 is 35.8. The Morgan fingerprint density at radius 3 is 1.73 bits per heavy atom. The normalized spacial score (nSPS) is 18.5. The lowest BCUT2D eigenvalue weighted by molar-refractivity contribution is -0.255. The molecule has 0 saturated carbocycles. The Morgan fingerprint density at radius 2 is 1.64 bits per heavy atom. The molecular weight excluding hydrogens is 159 g/mol. The minimum atomic E-state index is -4.56. The number of aliphatic hydroxyl groups is 1. The molecule has 0 spiro atoms. The van der Waals surface area contributed by atoms with Crippen LogP contribution >= 0.6 is 0 Å². The average molecular weight is 171 g/mol. The molecule has 1 unspecified atom stereocenters. The fourth-order valence-corrected chi connectivity index (χ4v) is 0.705. The summed E-state index contributed by atoms with van der Waals surface area (Å²) in [6, 6.07) is 0. The van der Waals surface area contributed by atoms with Gasteiger partial charge < -0.3 is 10.0 Å². The van der Waals surface area contributed by atoms with E-state index in [1.165, 1.54) is 19.0 Å². The van der Waals surface area contributed by atoms with Crippen LogP contribution in [0.25, 0.3) is 0 Å². The monoisotopic (exact) mass is 171 g/mol. The molecule has 0 fully saturated rings. The molecule has 0 heterocycles. The summed E-state index contributed by atoms with van der Waals surface area (Å²) in [5.74, 6) is 0. The predicted molar refractivity (Wildman–Crippen MR) is 35.2 cm³/mol. The van der Waals surface area contributed by atoms with Crippen molar-refractivity contribution in [2.75, 3.05) is 20.6 Å². The SMILES string of the molecule is CN(C)CC(C)(O)C(F)(F)F. The molecule has 68 valence electrons. The minimum Gasteiger partial charge on any atom is -0.380 e. The maximum absolute atomic E-state index is 11.9. The number of likely N-dealkylation sites (N-methyl/N-ethyl adjacent to an activating group) is 1. The highest BCUT2D eigenvalue weighted by atomic mass is 19.4. The average Bonchev–Trinajstić information content (AvgIpc) is 1.56. The maximum Gasteiger partial charge on any atom is 0.418 e. The van der Waals surface area contributed by atoms with E-state index in [9.17, 15) is 13.2 Å². The van der Waals surface area contributed by atoms with Crippen molar-refractivity contribution in [3.63, 3.8) is 0 Å². The van der Waals surface area contributed by atoms with Crippen molar-refractivity contribution in [1.82, 2.24) is 4.90 Å². The first kappa shape index (κ1) is 10.7. The van der Waals surface area contributed by atoms with Crippen LogP contribution in [0.4, 0.5) is 13.2 Å². The number of hydrogen-bond donors (Lipinski definition) is 1. The first-order valence-electron chi connectivity index (χ1n) is 3.10. The van der Waals surface area contributed by atoms with Crippen molar-refractivity contribution in [2.45, 2.75) is 18.7 Å². The van der Waals surface area contributed by atoms with Crippen LogP contribution in [-0.4, -0.2) is 42.4 Å². The third kappa shape index (κ3) is 3.07. The second-order valence-corrected chi connectivity index (χ2v) is 3.01. The summed E-state index contributed by atoms with van der Waals surface area (Å²) in [6.45, 7) is 0.337. The third-order valence-electron chi connectivity index (χ3n) is 1.23. The van der Waals surface area contributed by atoms with E-state index in [2.05, 4.69) is 0 Å². The Labute approximate surface area is 63.6 Å². The van der Waals surface area contributed by atoms with Crippen molar-refractivity contribution in [1.29, 1.82) is 0 Å². The lowest BCUT2D eigenvalue weighted by Crippen LogP contribution is -2.49. The van der Waals surface area contributed by atoms with Crippen molar-refractivity contribution >= 4 is 0 Å². The van der Waals surface area contributed by atoms with Gasteiger partial charge in [0.15, 0.2) is 5.60 Å². The molecule has 0 aromatic heterocycles. The molecule has 0 aliphatic carbocycles. The quantitative estimate of drug-likeness (QED) is 0.666. The van der Waals surface area contributed by atoms with Crippen molar-refractivity contribution < 1.29 is 18.3 Å². The summed E-state index contributed by atoms with van der Waals surface area (Å²) in [4.78, 5) is 1.29. The number of hydrogen-bond acceptors (Lipinski definition) is 2. The highest BCUT2D eigenvalue weighted by Crippen LogP contribution is 2.29. The fourth-order valence-electron chi connectivity index (χ4n) is 0.705. The molecule has 0 radical (unpaired) electrons. The van der Waals surface area contributed by atoms with Gasteiger partial charge in [0.25, 0.3) is 0 Å². The van der Waals surface area contributed by atoms with Gasteiger partial charge in [0.2, 0.25) is 0 Å². The molecule has 2 nitrogen and oxygen atoms in total. The first-order chi connectivity index (χ1) is 4.67. The standard InChI is InChI=1S/C6H12F3NO/c1-5(11,4-10(2)3)6(7,8)9/h11H,4H2,1-3H3. The number of halogens is 3. The highest BCUT2D eigenvalue weighted by molar-refractivity contribution is 4.83. The van der Waals surface area contributed by atoms with E-state index in [-0.39, 0.29) is 0 Å². The van der Waals surface area contributed by atoms with Gasteiger partial charge in [-0.05, 0) is 21.0 Å². The van der Waals surface area contributed by atoms with Crippen molar-refractivity contribution in [3.8, 4) is 0 Å². The number of alkyl halides is 3. The van der Waals surface area contributed by atoms with Crippen molar-refractivity contribution in [2.24, 2.45) is 0 Å². The van der Waals surface area contributed by atoms with E-state index in [1.54, 1.807) is 0 Å². The van der Waals surface area contributed by atoms with Crippen LogP contribution in [0.15, 0.2) is 0 Å². The summed E-state index contributed by atoms with van der Waals surface area (Å²) in [5, 5.41) is 8.85. The molecule has 11 heavy (non-hydrogen) atoms. The Hall–Kier alpha value is -0.290. The zero-order chi connectivity index (χ0) is 9.28. The molecular formula is C6H12F3NO. The summed E-state index contributed by atoms with van der Waals surface area (Å²) in [6.07, 6.45) is -4.56. The fraction of sp³-hybridized carbons (Fsp3) is 1.00. The molecule has 0 bridgehead atoms. The summed E-state index contributed by atoms with van der Waals surface area (Å²) in [5.41, 5.74) is -2.61. The van der Waals surface area contributed by atoms with E-state index in [0.29, 0.717) is 0 Å². The number of rotatable bonds is 2. The summed E-state index contributed by atoms with van der Waals surface area (Å²) >= 11 is 0. The molecule has 0 rings (SSSR count). The third-order valence-corrected chi connectivity index (χ3v) is 1.23. The van der Waals surface area contributed by atoms with E-state index in [0.717, 1.165) is 6.92 Å². The zero-order valence-electron chi connectivity index (χ0n) is 6.74. The van der Waals surface area contributed by atoms with Crippen LogP contribution in [0.3, 0.4) is 0 Å². The van der Waals surface area contributed by atoms with Gasteiger partial charge in [0.05, 0.1) is 0 Å². The van der Waals surface area contributed by atoms with Crippen LogP contribution in [0.2, 0.25) is 0 Å². The van der Waals surface area contributed by atoms with Crippen LogP contribution in [0.1, 0.15) is 6.92 Å². The minimum absolute atomic E-state index is 0.420. The molecule has 5 heteroatoms. The van der Waals surface area contributed by atoms with Crippen LogP contribution in [0, 0.1) is 0 Å². The van der Waals surface area contributed by atoms with Gasteiger partial charge in [-0.1, -0.05) is 0 Å². The van der Waals surface area contributed by atoms with Gasteiger partial charge in [-0.3, -0.25) is 0 Å². The zero-order valence-corrected chi connectivity index (χ0v) is 6.74. The van der Waals surface area contributed by atoms with Crippen LogP contribution in [0.5, 0.6) is 0 Å². The number of nitrogens with zero attached hydrogens (tertiary/aromatic N) is 1. The van der Waals surface area contributed by atoms with E-state index in [4.69, 9.17) is 5.11 Å². The molecule has 0 amide bonds. The lowest BCUT2D eigenvalue weighted by Gasteiger charge is -2.28. The molecule has 1 N–H and O–H groups in total. The largest absolute Gasteiger partial charge is 0.418 e. The van der Waals surface area contributed by atoms with Gasteiger partial charge in [-0.25, -0.2) is 0 Å². The Morgan fingerprint density at radius 1 is 1.27 bits per heavy atom. The van der Waals surface area contributed by atoms with E-state index < -0.39 is 18.3 Å². The smallest absolute Gasteiger partial charge is 0.380 e.